The van der Waals surface area contributed by atoms with Gasteiger partial charge in [-0.05, 0) is 34.4 Å². The van der Waals surface area contributed by atoms with Gasteiger partial charge in [-0.2, -0.15) is 0 Å². The van der Waals surface area contributed by atoms with Crippen LogP contribution in [0.1, 0.15) is 34.6 Å². The van der Waals surface area contributed by atoms with E-state index in [0.29, 0.717) is 31.9 Å². The fraction of sp³-hybridized carbons (Fsp3) is 0.118. The van der Waals surface area contributed by atoms with Crippen molar-refractivity contribution in [2.45, 2.75) is 26.1 Å². The lowest BCUT2D eigenvalue weighted by Gasteiger charge is -2.12. The van der Waals surface area contributed by atoms with Gasteiger partial charge in [0.1, 0.15) is 30.6 Å². The van der Waals surface area contributed by atoms with Gasteiger partial charge in [0, 0.05) is 19.1 Å². The van der Waals surface area contributed by atoms with Gasteiger partial charge < -0.3 is 14.5 Å². The molecule has 0 radical (unpaired) electrons. The van der Waals surface area contributed by atoms with Crippen LogP contribution in [0.3, 0.4) is 0 Å². The summed E-state index contributed by atoms with van der Waals surface area (Å²) >= 11 is 0. The van der Waals surface area contributed by atoms with Crippen molar-refractivity contribution in [2.24, 2.45) is 4.99 Å². The summed E-state index contributed by atoms with van der Waals surface area (Å²) in [4.78, 5) is 13.2. The summed E-state index contributed by atoms with van der Waals surface area (Å²) in [5.74, 6) is 3.01. The van der Waals surface area contributed by atoms with E-state index in [4.69, 9.17) is 19.5 Å². The second-order valence-electron chi connectivity index (χ2n) is 9.41. The number of allylic oxidation sites excluding steroid dienone is 6. The lowest BCUT2D eigenvalue weighted by Crippen LogP contribution is -1.99. The number of imidazole rings is 1. The Labute approximate surface area is 228 Å². The van der Waals surface area contributed by atoms with Crippen molar-refractivity contribution < 1.29 is 9.47 Å². The number of benzene rings is 3. The van der Waals surface area contributed by atoms with Crippen LogP contribution in [0.5, 0.6) is 0 Å². The monoisotopic (exact) mass is 511 g/mol. The van der Waals surface area contributed by atoms with Gasteiger partial charge in [-0.15, -0.1) is 0 Å². The highest BCUT2D eigenvalue weighted by Crippen LogP contribution is 2.32. The van der Waals surface area contributed by atoms with E-state index in [-0.39, 0.29) is 0 Å². The summed E-state index contributed by atoms with van der Waals surface area (Å²) in [6.07, 6.45) is 11.5. The third-order valence-electron chi connectivity index (χ3n) is 6.65. The quantitative estimate of drug-likeness (QED) is 0.263. The van der Waals surface area contributed by atoms with Crippen molar-refractivity contribution in [3.63, 3.8) is 0 Å². The van der Waals surface area contributed by atoms with Crippen LogP contribution in [-0.4, -0.2) is 16.2 Å². The number of H-pyrrole nitrogens is 1. The van der Waals surface area contributed by atoms with Gasteiger partial charge in [0.05, 0.1) is 11.3 Å². The Morgan fingerprint density at radius 1 is 0.744 bits per heavy atom. The predicted molar refractivity (Wildman–Crippen MR) is 156 cm³/mol. The average molecular weight is 512 g/mol. The van der Waals surface area contributed by atoms with E-state index in [1.165, 1.54) is 0 Å². The lowest BCUT2D eigenvalue weighted by molar-refractivity contribution is 0.196. The average Bonchev–Trinajstić information content (AvgIpc) is 3.14. The van der Waals surface area contributed by atoms with Crippen LogP contribution in [0.15, 0.2) is 132 Å². The normalized spacial score (nSPS) is 14.7. The number of fused-ring (bicyclic) bond motifs is 1. The molecule has 3 aromatic carbocycles. The number of ether oxygens (including phenoxy) is 2. The molecule has 0 unspecified atom stereocenters. The maximum atomic E-state index is 6.38. The first-order valence-corrected chi connectivity index (χ1v) is 13.2. The molecule has 2 aliphatic rings. The third kappa shape index (κ3) is 5.99. The summed E-state index contributed by atoms with van der Waals surface area (Å²) in [5, 5.41) is 0. The fourth-order valence-corrected chi connectivity index (χ4v) is 4.57. The SMILES string of the molecule is C1=CC(OCc2ccccc2)=CC(c2nc3c([nH]2)CC=C(c2ccccc2)C=N3)=C(OCc2ccccc2)C1. The standard InChI is InChI=1S/C34H29N3O2/c1-4-11-25(12-5-1)23-38-29-17-10-18-32(39-24-26-13-6-2-7-14-26)30(21-29)33-36-31-20-19-28(22-35-34(31)37-33)27-15-8-3-9-16-27/h1-17,19,21-22H,18,20,23-24H2,(H,36,37). The van der Waals surface area contributed by atoms with Gasteiger partial charge in [0.15, 0.2) is 5.82 Å². The minimum Gasteiger partial charge on any atom is -0.492 e. The molecule has 1 N–H and O–H groups in total. The van der Waals surface area contributed by atoms with E-state index in [1.807, 2.05) is 73.0 Å². The van der Waals surface area contributed by atoms with E-state index in [0.717, 1.165) is 50.9 Å². The van der Waals surface area contributed by atoms with Gasteiger partial charge in [-0.25, -0.2) is 9.98 Å². The molecule has 0 saturated carbocycles. The smallest absolute Gasteiger partial charge is 0.174 e. The third-order valence-corrected chi connectivity index (χ3v) is 6.65. The Balaban J connectivity index is 1.30. The minimum absolute atomic E-state index is 0.476. The summed E-state index contributed by atoms with van der Waals surface area (Å²) in [7, 11) is 0. The van der Waals surface area contributed by atoms with Gasteiger partial charge >= 0.3 is 0 Å². The number of aromatic nitrogens is 2. The molecule has 0 fully saturated rings. The van der Waals surface area contributed by atoms with E-state index in [2.05, 4.69) is 53.5 Å². The first-order valence-electron chi connectivity index (χ1n) is 13.2. The van der Waals surface area contributed by atoms with Crippen LogP contribution in [0, 0.1) is 0 Å². The Bertz CT molecular complexity index is 1580. The minimum atomic E-state index is 0.476. The van der Waals surface area contributed by atoms with Crippen LogP contribution < -0.4 is 0 Å². The molecular formula is C34H29N3O2. The van der Waals surface area contributed by atoms with E-state index < -0.39 is 0 Å². The van der Waals surface area contributed by atoms with Crippen LogP contribution in [0.2, 0.25) is 0 Å². The maximum absolute atomic E-state index is 6.38. The molecule has 0 amide bonds. The molecule has 2 heterocycles. The lowest BCUT2D eigenvalue weighted by atomic mass is 10.1. The first-order chi connectivity index (χ1) is 19.3. The first kappa shape index (κ1) is 24.4. The highest BCUT2D eigenvalue weighted by atomic mass is 16.5. The van der Waals surface area contributed by atoms with E-state index in [1.54, 1.807) is 0 Å². The molecule has 5 heteroatoms. The number of nitrogens with one attached hydrogen (secondary N) is 1. The summed E-state index contributed by atoms with van der Waals surface area (Å²) < 4.78 is 12.6. The molecule has 4 aromatic rings. The molecule has 0 atom stereocenters. The topological polar surface area (TPSA) is 59.5 Å². The van der Waals surface area contributed by atoms with Crippen molar-refractivity contribution in [1.29, 1.82) is 0 Å². The van der Waals surface area contributed by atoms with Gasteiger partial charge in [-0.1, -0.05) is 103 Å². The largest absolute Gasteiger partial charge is 0.492 e. The number of aliphatic imine (C=N–C) groups is 1. The highest BCUT2D eigenvalue weighted by Gasteiger charge is 2.19. The van der Waals surface area contributed by atoms with Crippen molar-refractivity contribution in [3.8, 4) is 0 Å². The van der Waals surface area contributed by atoms with E-state index in [9.17, 15) is 0 Å². The zero-order valence-corrected chi connectivity index (χ0v) is 21.6. The van der Waals surface area contributed by atoms with E-state index >= 15 is 0 Å². The van der Waals surface area contributed by atoms with Crippen molar-refractivity contribution in [1.82, 2.24) is 9.97 Å². The Morgan fingerprint density at radius 3 is 2.13 bits per heavy atom. The number of hydrogen-bond acceptors (Lipinski definition) is 4. The number of aromatic amines is 1. The maximum Gasteiger partial charge on any atom is 0.174 e. The molecule has 1 aliphatic carbocycles. The van der Waals surface area contributed by atoms with Gasteiger partial charge in [0.25, 0.3) is 0 Å². The number of nitrogens with zero attached hydrogens (tertiary/aromatic N) is 2. The molecule has 6 rings (SSSR count). The molecule has 39 heavy (non-hydrogen) atoms. The van der Waals surface area contributed by atoms with Crippen molar-refractivity contribution in [3.05, 3.63) is 155 Å². The fourth-order valence-electron chi connectivity index (χ4n) is 4.57. The second-order valence-corrected chi connectivity index (χ2v) is 9.41. The molecule has 1 aliphatic heterocycles. The Hall–Kier alpha value is -4.90. The van der Waals surface area contributed by atoms with Crippen LogP contribution in [0.25, 0.3) is 11.1 Å². The summed E-state index contributed by atoms with van der Waals surface area (Å²) in [6, 6.07) is 30.6. The number of rotatable bonds is 8. The van der Waals surface area contributed by atoms with Crippen molar-refractivity contribution >= 4 is 23.2 Å². The highest BCUT2D eigenvalue weighted by molar-refractivity contribution is 6.11. The molecule has 0 spiro atoms. The molecule has 5 nitrogen and oxygen atoms in total. The molecule has 0 bridgehead atoms. The van der Waals surface area contributed by atoms with Gasteiger partial charge in [0.2, 0.25) is 0 Å². The van der Waals surface area contributed by atoms with Crippen LogP contribution in [0.4, 0.5) is 5.82 Å². The molecule has 0 saturated heterocycles. The predicted octanol–water partition coefficient (Wildman–Crippen LogP) is 7.74. The van der Waals surface area contributed by atoms with Gasteiger partial charge in [-0.3, -0.25) is 0 Å². The summed E-state index contributed by atoms with van der Waals surface area (Å²) in [6.45, 7) is 0.958. The summed E-state index contributed by atoms with van der Waals surface area (Å²) in [5.41, 5.74) is 6.30. The van der Waals surface area contributed by atoms with Crippen LogP contribution >= 0.6 is 0 Å². The molecular weight excluding hydrogens is 482 g/mol. The zero-order valence-electron chi connectivity index (χ0n) is 21.6. The second kappa shape index (κ2) is 11.7. The van der Waals surface area contributed by atoms with Crippen LogP contribution in [-0.2, 0) is 29.1 Å². The number of hydrogen-bond donors (Lipinski definition) is 1. The Kier molecular flexibility index (Phi) is 7.30. The molecule has 192 valence electrons. The van der Waals surface area contributed by atoms with Crippen molar-refractivity contribution in [2.75, 3.05) is 0 Å². The molecule has 1 aromatic heterocycles. The zero-order chi connectivity index (χ0) is 26.3. The Morgan fingerprint density at radius 2 is 1.41 bits per heavy atom.